The van der Waals surface area contributed by atoms with Crippen molar-refractivity contribution in [3.63, 3.8) is 0 Å². The summed E-state index contributed by atoms with van der Waals surface area (Å²) < 4.78 is 3.25. The van der Waals surface area contributed by atoms with Crippen molar-refractivity contribution in [3.8, 4) is 0 Å². The molecule has 0 heterocycles. The van der Waals surface area contributed by atoms with Crippen molar-refractivity contribution >= 4 is 38.9 Å². The van der Waals surface area contributed by atoms with Gasteiger partial charge in [0.15, 0.2) is 0 Å². The number of carbonyl (C=O) groups excluding carboxylic acids is 3. The van der Waals surface area contributed by atoms with E-state index in [9.17, 15) is 24.6 Å². The molecule has 0 amide bonds. The van der Waals surface area contributed by atoms with E-state index in [0.29, 0.717) is 5.92 Å². The molecule has 0 aliphatic carbocycles. The Morgan fingerprint density at radius 1 is 0.477 bits per heavy atom. The third-order valence-corrected chi connectivity index (χ3v) is 11.1. The molecule has 5 nitrogen and oxygen atoms in total. The number of hydrogen-bond acceptors (Lipinski definition) is 5. The predicted octanol–water partition coefficient (Wildman–Crippen LogP) is 10.1. The molecule has 0 atom stereocenters. The maximum atomic E-state index is 10.3. The van der Waals surface area contributed by atoms with Gasteiger partial charge in [-0.3, -0.25) is 0 Å². The molecule has 6 heteroatoms. The number of carboxylic acid groups (broad SMARTS) is 2. The molecule has 0 aliphatic heterocycles. The first-order valence-corrected chi connectivity index (χ1v) is 22.7. The van der Waals surface area contributed by atoms with E-state index in [0.717, 1.165) is 32.1 Å². The van der Waals surface area contributed by atoms with Gasteiger partial charge in [0.05, 0.1) is 0 Å². The van der Waals surface area contributed by atoms with Gasteiger partial charge in [-0.25, -0.2) is 0 Å². The van der Waals surface area contributed by atoms with Crippen LogP contribution in [-0.4, -0.2) is 38.9 Å². The Balaban J connectivity index is -0.000000251. The zero-order valence-electron chi connectivity index (χ0n) is 30.7. The fourth-order valence-electron chi connectivity index (χ4n) is 4.46. The predicted molar refractivity (Wildman–Crippen MR) is 189 cm³/mol. The van der Waals surface area contributed by atoms with Gasteiger partial charge in [-0.2, -0.15) is 0 Å². The van der Waals surface area contributed by atoms with Crippen molar-refractivity contribution in [1.29, 1.82) is 0 Å². The molecule has 0 aliphatic rings. The van der Waals surface area contributed by atoms with Gasteiger partial charge >= 0.3 is 69.5 Å². The van der Waals surface area contributed by atoms with Crippen molar-refractivity contribution in [1.82, 2.24) is 0 Å². The van der Waals surface area contributed by atoms with Gasteiger partial charge in [-0.1, -0.05) is 130 Å². The molecule has 0 spiro atoms. The molecule has 0 saturated carbocycles. The zero-order chi connectivity index (χ0) is 34.1. The van der Waals surface area contributed by atoms with E-state index in [-0.39, 0.29) is 39.8 Å². The first-order valence-electron chi connectivity index (χ1n) is 18.7. The van der Waals surface area contributed by atoms with Crippen LogP contribution in [0.4, 0.5) is 0 Å². The Hall–Kier alpha value is -0.591. The number of ketones is 1. The summed E-state index contributed by atoms with van der Waals surface area (Å²) in [5.41, 5.74) is 0. The van der Waals surface area contributed by atoms with Crippen molar-refractivity contribution in [2.24, 2.45) is 5.92 Å². The number of hydrogen-bond donors (Lipinski definition) is 0. The minimum absolute atomic E-state index is 0.149. The Kier molecular flexibility index (Phi) is 53.5. The standard InChI is InChI=1S/2C12H24O2.C6H12O.2C4H9.Sn/c2*1-2-3-4-5-6-7-8-9-10-11-12(13)14;1-5(2)4-6(3)7;2*1-3-4-2;/h2*2-11H2,1H3,(H,13,14);5H,4H2,1-3H3;2*1,3-4H2,2H3;/q;;;;;+2/p-2. The van der Waals surface area contributed by atoms with Crippen LogP contribution in [0.1, 0.15) is 209 Å². The molecule has 0 bridgehead atoms. The Morgan fingerprint density at radius 2 is 0.750 bits per heavy atom. The summed E-state index contributed by atoms with van der Waals surface area (Å²) in [5.74, 6) is -1.01. The van der Waals surface area contributed by atoms with Crippen LogP contribution in [0.2, 0.25) is 8.87 Å². The van der Waals surface area contributed by atoms with Crippen molar-refractivity contribution in [3.05, 3.63) is 0 Å². The van der Waals surface area contributed by atoms with Crippen molar-refractivity contribution in [2.45, 2.75) is 218 Å². The third kappa shape index (κ3) is 68.5. The number of carbonyl (C=O) groups is 3. The van der Waals surface area contributed by atoms with E-state index in [4.69, 9.17) is 0 Å². The van der Waals surface area contributed by atoms with Crippen LogP contribution < -0.4 is 10.2 Å². The van der Waals surface area contributed by atoms with Crippen LogP contribution in [0.15, 0.2) is 0 Å². The summed E-state index contributed by atoms with van der Waals surface area (Å²) in [6.07, 6.45) is 28.9. The molecule has 0 fully saturated rings. The second kappa shape index (κ2) is 46.8. The first-order chi connectivity index (χ1) is 21.1. The number of Topliss-reactive ketones (excluding diaryl/α,β-unsaturated/α-hetero) is 1. The third-order valence-electron chi connectivity index (χ3n) is 7.08. The zero-order valence-corrected chi connectivity index (χ0v) is 33.6. The summed E-state index contributed by atoms with van der Waals surface area (Å²) in [4.78, 5) is 30.4. The molecule has 262 valence electrons. The molecule has 0 aromatic heterocycles. The molecule has 0 N–H and O–H groups in total. The first kappa shape index (κ1) is 50.3. The van der Waals surface area contributed by atoms with Gasteiger partial charge in [0, 0.05) is 18.4 Å². The number of rotatable bonds is 28. The molecular formula is C38H76O5Sn. The average Bonchev–Trinajstić information content (AvgIpc) is 2.95. The quantitative estimate of drug-likeness (QED) is 0.0590. The summed E-state index contributed by atoms with van der Waals surface area (Å²) in [7, 11) is 0. The van der Waals surface area contributed by atoms with E-state index < -0.39 is 11.9 Å². The van der Waals surface area contributed by atoms with Gasteiger partial charge in [0.2, 0.25) is 0 Å². The van der Waals surface area contributed by atoms with Crippen LogP contribution >= 0.6 is 0 Å². The van der Waals surface area contributed by atoms with E-state index in [1.54, 1.807) is 15.8 Å². The fraction of sp³-hybridized carbons (Fsp3) is 0.921. The van der Waals surface area contributed by atoms with Crippen molar-refractivity contribution in [2.75, 3.05) is 0 Å². The Bertz CT molecular complexity index is 527. The average molecular weight is 732 g/mol. The Labute approximate surface area is 286 Å². The topological polar surface area (TPSA) is 97.3 Å². The monoisotopic (exact) mass is 732 g/mol. The molecule has 0 aromatic rings. The van der Waals surface area contributed by atoms with E-state index in [2.05, 4.69) is 27.7 Å². The second-order valence-corrected chi connectivity index (χ2v) is 16.9. The van der Waals surface area contributed by atoms with Gasteiger partial charge in [-0.15, -0.1) is 0 Å². The van der Waals surface area contributed by atoms with Gasteiger partial charge in [0.25, 0.3) is 0 Å². The molecule has 0 rings (SSSR count). The SMILES string of the molecule is CC(=O)CC(C)C.CCCCCCCCCCCC(=O)[O-].CCCCCCCCCCCC(=O)[O-].CCC[CH2][Sn+2][CH2]CCC. The van der Waals surface area contributed by atoms with Crippen LogP contribution in [0, 0.1) is 5.92 Å². The maximum absolute atomic E-state index is 10.3. The molecule has 44 heavy (non-hydrogen) atoms. The number of unbranched alkanes of at least 4 members (excludes halogenated alkanes) is 18. The van der Waals surface area contributed by atoms with Gasteiger partial charge < -0.3 is 24.6 Å². The van der Waals surface area contributed by atoms with E-state index >= 15 is 0 Å². The molecule has 0 aromatic carbocycles. The second-order valence-electron chi connectivity index (χ2n) is 12.7. The summed E-state index contributed by atoms with van der Waals surface area (Å²) >= 11 is 0.149. The molecule has 0 unspecified atom stereocenters. The summed E-state index contributed by atoms with van der Waals surface area (Å²) in [6, 6.07) is 0. The number of aliphatic carboxylic acids is 2. The minimum atomic E-state index is -0.909. The van der Waals surface area contributed by atoms with E-state index in [1.165, 1.54) is 116 Å². The summed E-state index contributed by atoms with van der Waals surface area (Å²) in [5, 5.41) is 20.2. The van der Waals surface area contributed by atoms with Gasteiger partial charge in [-0.05, 0) is 38.5 Å². The molecular weight excluding hydrogens is 655 g/mol. The summed E-state index contributed by atoms with van der Waals surface area (Å²) in [6.45, 7) is 14.7. The van der Waals surface area contributed by atoms with Crippen LogP contribution in [0.5, 0.6) is 0 Å². The Morgan fingerprint density at radius 3 is 0.955 bits per heavy atom. The normalized spacial score (nSPS) is 10.0. The van der Waals surface area contributed by atoms with Crippen molar-refractivity contribution < 1.29 is 24.6 Å². The number of carboxylic acids is 2. The van der Waals surface area contributed by atoms with E-state index in [1.807, 2.05) is 13.8 Å². The van der Waals surface area contributed by atoms with Crippen LogP contribution in [0.25, 0.3) is 0 Å². The molecule has 0 radical (unpaired) electrons. The molecule has 0 saturated heterocycles. The van der Waals surface area contributed by atoms with Crippen LogP contribution in [0.3, 0.4) is 0 Å². The fourth-order valence-corrected chi connectivity index (χ4v) is 8.62. The van der Waals surface area contributed by atoms with Crippen LogP contribution in [-0.2, 0) is 14.4 Å². The van der Waals surface area contributed by atoms with Gasteiger partial charge in [0.1, 0.15) is 5.78 Å².